The number of hydrogen-bond acceptors (Lipinski definition) is 4. The minimum atomic E-state index is -0.575. The van der Waals surface area contributed by atoms with E-state index in [1.54, 1.807) is 43.2 Å². The maximum absolute atomic E-state index is 12.9. The van der Waals surface area contributed by atoms with Crippen LogP contribution in [0.2, 0.25) is 0 Å². The van der Waals surface area contributed by atoms with Crippen LogP contribution >= 0.6 is 0 Å². The molecular weight excluding hydrogens is 392 g/mol. The van der Waals surface area contributed by atoms with Crippen molar-refractivity contribution in [3.8, 4) is 11.5 Å². The van der Waals surface area contributed by atoms with Gasteiger partial charge in [0, 0.05) is 31.7 Å². The van der Waals surface area contributed by atoms with Crippen LogP contribution in [-0.4, -0.2) is 61.0 Å². The molecule has 0 bridgehead atoms. The van der Waals surface area contributed by atoms with E-state index in [0.717, 1.165) is 12.2 Å². The molecule has 2 amide bonds. The topological polar surface area (TPSA) is 59.1 Å². The molecule has 31 heavy (non-hydrogen) atoms. The molecule has 1 aliphatic heterocycles. The van der Waals surface area contributed by atoms with Gasteiger partial charge in [0.05, 0.1) is 7.11 Å². The Morgan fingerprint density at radius 2 is 1.39 bits per heavy atom. The van der Waals surface area contributed by atoms with Gasteiger partial charge in [0.15, 0.2) is 6.10 Å². The lowest BCUT2D eigenvalue weighted by Gasteiger charge is -2.25. The van der Waals surface area contributed by atoms with Gasteiger partial charge in [0.2, 0.25) is 0 Å². The predicted octanol–water partition coefficient (Wildman–Crippen LogP) is 3.96. The van der Waals surface area contributed by atoms with E-state index in [-0.39, 0.29) is 11.8 Å². The molecule has 1 atom stereocenters. The minimum absolute atomic E-state index is 0.0218. The van der Waals surface area contributed by atoms with E-state index in [1.165, 1.54) is 5.56 Å². The van der Waals surface area contributed by atoms with Gasteiger partial charge in [-0.25, -0.2) is 0 Å². The quantitative estimate of drug-likeness (QED) is 0.704. The zero-order valence-electron chi connectivity index (χ0n) is 18.8. The highest BCUT2D eigenvalue weighted by molar-refractivity contribution is 5.94. The second kappa shape index (κ2) is 10.3. The zero-order valence-corrected chi connectivity index (χ0v) is 18.8. The number of methoxy groups -OCH3 is 1. The first-order valence-electron chi connectivity index (χ1n) is 10.9. The predicted molar refractivity (Wildman–Crippen MR) is 121 cm³/mol. The third kappa shape index (κ3) is 5.78. The molecule has 166 valence electrons. The Kier molecular flexibility index (Phi) is 7.55. The molecular formula is C25H32N2O4. The number of carbonyl (C=O) groups is 2. The zero-order chi connectivity index (χ0) is 22.4. The van der Waals surface area contributed by atoms with E-state index in [1.807, 2.05) is 29.2 Å². The van der Waals surface area contributed by atoms with Crippen molar-refractivity contribution in [2.24, 2.45) is 0 Å². The van der Waals surface area contributed by atoms with Gasteiger partial charge in [-0.05, 0) is 61.2 Å². The maximum atomic E-state index is 12.9. The summed E-state index contributed by atoms with van der Waals surface area (Å²) in [6.07, 6.45) is 0.164. The van der Waals surface area contributed by atoms with E-state index in [9.17, 15) is 9.59 Å². The number of carbonyl (C=O) groups excluding carboxylic acids is 2. The molecule has 1 saturated heterocycles. The molecule has 0 aliphatic carbocycles. The van der Waals surface area contributed by atoms with Gasteiger partial charge in [-0.15, -0.1) is 0 Å². The van der Waals surface area contributed by atoms with E-state index < -0.39 is 6.10 Å². The first kappa shape index (κ1) is 22.7. The second-order valence-corrected chi connectivity index (χ2v) is 8.18. The highest BCUT2D eigenvalue weighted by Crippen LogP contribution is 2.20. The van der Waals surface area contributed by atoms with Crippen LogP contribution in [0.25, 0.3) is 0 Å². The van der Waals surface area contributed by atoms with E-state index >= 15 is 0 Å². The number of nitrogens with zero attached hydrogens (tertiary/aromatic N) is 2. The lowest BCUT2D eigenvalue weighted by Crippen LogP contribution is -2.43. The van der Waals surface area contributed by atoms with Crippen LogP contribution in [0.5, 0.6) is 11.5 Å². The fourth-order valence-electron chi connectivity index (χ4n) is 3.70. The van der Waals surface area contributed by atoms with Crippen molar-refractivity contribution in [3.63, 3.8) is 0 Å². The molecule has 0 spiro atoms. The van der Waals surface area contributed by atoms with E-state index in [2.05, 4.69) is 13.8 Å². The fourth-order valence-corrected chi connectivity index (χ4v) is 3.70. The Morgan fingerprint density at radius 3 is 2.00 bits per heavy atom. The smallest absolute Gasteiger partial charge is 0.263 e. The summed E-state index contributed by atoms with van der Waals surface area (Å²) in [6, 6.07) is 15.0. The van der Waals surface area contributed by atoms with Crippen LogP contribution in [0, 0.1) is 0 Å². The van der Waals surface area contributed by atoms with Gasteiger partial charge in [0.25, 0.3) is 11.8 Å². The Bertz CT molecular complexity index is 877. The van der Waals surface area contributed by atoms with Crippen molar-refractivity contribution in [1.82, 2.24) is 9.80 Å². The molecule has 0 saturated carbocycles. The average molecular weight is 425 g/mol. The number of amides is 2. The normalized spacial score (nSPS) is 15.4. The highest BCUT2D eigenvalue weighted by Gasteiger charge is 2.26. The number of hydrogen-bond donors (Lipinski definition) is 0. The van der Waals surface area contributed by atoms with Gasteiger partial charge < -0.3 is 19.3 Å². The molecule has 2 aromatic carbocycles. The molecule has 1 fully saturated rings. The monoisotopic (exact) mass is 424 g/mol. The molecule has 6 nitrogen and oxygen atoms in total. The van der Waals surface area contributed by atoms with Crippen LogP contribution in [-0.2, 0) is 4.79 Å². The Morgan fingerprint density at radius 1 is 0.806 bits per heavy atom. The third-order valence-corrected chi connectivity index (χ3v) is 5.64. The number of rotatable bonds is 6. The largest absolute Gasteiger partial charge is 0.497 e. The van der Waals surface area contributed by atoms with Crippen molar-refractivity contribution in [2.45, 2.75) is 39.2 Å². The van der Waals surface area contributed by atoms with Crippen LogP contribution in [0.4, 0.5) is 0 Å². The maximum Gasteiger partial charge on any atom is 0.263 e. The highest BCUT2D eigenvalue weighted by atomic mass is 16.5. The summed E-state index contributed by atoms with van der Waals surface area (Å²) in [7, 11) is 1.60. The fraction of sp³-hybridized carbons (Fsp3) is 0.440. The molecule has 0 radical (unpaired) electrons. The molecule has 1 unspecified atom stereocenters. The lowest BCUT2D eigenvalue weighted by atomic mass is 10.0. The van der Waals surface area contributed by atoms with Gasteiger partial charge in [-0.2, -0.15) is 0 Å². The Hall–Kier alpha value is -3.02. The molecule has 1 aliphatic rings. The summed E-state index contributed by atoms with van der Waals surface area (Å²) >= 11 is 0. The first-order chi connectivity index (χ1) is 14.9. The average Bonchev–Trinajstić information content (AvgIpc) is 3.04. The summed E-state index contributed by atoms with van der Waals surface area (Å²) in [5.41, 5.74) is 1.86. The van der Waals surface area contributed by atoms with Crippen LogP contribution in [0.15, 0.2) is 48.5 Å². The third-order valence-electron chi connectivity index (χ3n) is 5.64. The van der Waals surface area contributed by atoms with Crippen molar-refractivity contribution in [3.05, 3.63) is 59.7 Å². The summed E-state index contributed by atoms with van der Waals surface area (Å²) in [4.78, 5) is 29.4. The molecule has 0 N–H and O–H groups in total. The van der Waals surface area contributed by atoms with Gasteiger partial charge in [-0.3, -0.25) is 9.59 Å². The molecule has 1 heterocycles. The molecule has 0 aromatic heterocycles. The van der Waals surface area contributed by atoms with Crippen LogP contribution in [0.1, 0.15) is 49.0 Å². The Labute approximate surface area is 184 Å². The summed E-state index contributed by atoms with van der Waals surface area (Å²) in [5, 5.41) is 0. The van der Waals surface area contributed by atoms with Crippen molar-refractivity contribution < 1.29 is 19.1 Å². The van der Waals surface area contributed by atoms with Crippen LogP contribution in [0.3, 0.4) is 0 Å². The lowest BCUT2D eigenvalue weighted by molar-refractivity contribution is -0.137. The SMILES string of the molecule is COc1ccc(C(=O)N2CCCN(C(=O)C(C)Oc3ccc(C(C)C)cc3)CC2)cc1. The molecule has 2 aromatic rings. The van der Waals surface area contributed by atoms with Crippen LogP contribution < -0.4 is 9.47 Å². The summed E-state index contributed by atoms with van der Waals surface area (Å²) < 4.78 is 11.0. The van der Waals surface area contributed by atoms with Gasteiger partial charge in [0.1, 0.15) is 11.5 Å². The van der Waals surface area contributed by atoms with Crippen molar-refractivity contribution in [2.75, 3.05) is 33.3 Å². The van der Waals surface area contributed by atoms with E-state index in [0.29, 0.717) is 43.4 Å². The Balaban J connectivity index is 1.56. The van der Waals surface area contributed by atoms with Crippen molar-refractivity contribution >= 4 is 11.8 Å². The van der Waals surface area contributed by atoms with E-state index in [4.69, 9.17) is 9.47 Å². The van der Waals surface area contributed by atoms with Crippen molar-refractivity contribution in [1.29, 1.82) is 0 Å². The summed E-state index contributed by atoms with van der Waals surface area (Å²) in [6.45, 7) is 8.32. The summed E-state index contributed by atoms with van der Waals surface area (Å²) in [5.74, 6) is 1.79. The second-order valence-electron chi connectivity index (χ2n) is 8.18. The number of benzene rings is 2. The number of ether oxygens (including phenoxy) is 2. The molecule has 6 heteroatoms. The van der Waals surface area contributed by atoms with Gasteiger partial charge >= 0.3 is 0 Å². The standard InChI is InChI=1S/C25H32N2O4/c1-18(2)20-6-12-23(13-7-20)31-19(3)24(28)26-14-5-15-27(17-16-26)25(29)21-8-10-22(30-4)11-9-21/h6-13,18-19H,5,14-17H2,1-4H3. The first-order valence-corrected chi connectivity index (χ1v) is 10.9. The minimum Gasteiger partial charge on any atom is -0.497 e. The molecule has 3 rings (SSSR count). The van der Waals surface area contributed by atoms with Gasteiger partial charge in [-0.1, -0.05) is 26.0 Å².